The van der Waals surface area contributed by atoms with Crippen LogP contribution in [0.3, 0.4) is 0 Å². The molecule has 0 spiro atoms. The van der Waals surface area contributed by atoms with Crippen molar-refractivity contribution in [3.63, 3.8) is 0 Å². The fourth-order valence-electron chi connectivity index (χ4n) is 2.32. The summed E-state index contributed by atoms with van der Waals surface area (Å²) in [4.78, 5) is 18.5. The summed E-state index contributed by atoms with van der Waals surface area (Å²) in [5.41, 5.74) is 1.82. The van der Waals surface area contributed by atoms with Crippen molar-refractivity contribution in [3.05, 3.63) is 58.6 Å². The number of pyridine rings is 1. The van der Waals surface area contributed by atoms with Gasteiger partial charge in [-0.15, -0.1) is 0 Å². The summed E-state index contributed by atoms with van der Waals surface area (Å²) in [5, 5.41) is 5.25. The first-order chi connectivity index (χ1) is 10.6. The first kappa shape index (κ1) is 14.5. The molecule has 0 fully saturated rings. The van der Waals surface area contributed by atoms with Crippen molar-refractivity contribution < 1.29 is 9.32 Å². The quantitative estimate of drug-likeness (QED) is 0.742. The van der Waals surface area contributed by atoms with E-state index in [9.17, 15) is 4.79 Å². The van der Waals surface area contributed by atoms with Crippen LogP contribution in [0, 0.1) is 6.92 Å². The van der Waals surface area contributed by atoms with Gasteiger partial charge in [-0.05, 0) is 31.2 Å². The predicted molar refractivity (Wildman–Crippen MR) is 83.8 cm³/mol. The number of amides is 1. The van der Waals surface area contributed by atoms with Gasteiger partial charge in [0.05, 0.1) is 22.6 Å². The molecule has 6 heteroatoms. The average Bonchev–Trinajstić information content (AvgIpc) is 2.92. The second kappa shape index (κ2) is 5.77. The minimum Gasteiger partial charge on any atom is -0.361 e. The Hall–Kier alpha value is -2.40. The third kappa shape index (κ3) is 2.67. The second-order valence-electron chi connectivity index (χ2n) is 5.08. The van der Waals surface area contributed by atoms with Crippen LogP contribution in [0.2, 0.25) is 5.02 Å². The molecular formula is C16H14ClN3O2. The average molecular weight is 316 g/mol. The number of hydrogen-bond acceptors (Lipinski definition) is 4. The maximum Gasteiger partial charge on any atom is 0.256 e. The van der Waals surface area contributed by atoms with Crippen LogP contribution in [0.1, 0.15) is 21.8 Å². The molecule has 0 aliphatic rings. The molecule has 22 heavy (non-hydrogen) atoms. The van der Waals surface area contributed by atoms with Crippen molar-refractivity contribution in [2.75, 3.05) is 7.05 Å². The van der Waals surface area contributed by atoms with E-state index >= 15 is 0 Å². The van der Waals surface area contributed by atoms with Gasteiger partial charge in [-0.25, -0.2) is 0 Å². The number of nitrogens with zero attached hydrogens (tertiary/aromatic N) is 3. The van der Waals surface area contributed by atoms with Gasteiger partial charge in [0.1, 0.15) is 11.5 Å². The number of aryl methyl sites for hydroxylation is 1. The summed E-state index contributed by atoms with van der Waals surface area (Å²) >= 11 is 6.16. The zero-order chi connectivity index (χ0) is 15.7. The van der Waals surface area contributed by atoms with Gasteiger partial charge in [0.25, 0.3) is 5.91 Å². The van der Waals surface area contributed by atoms with E-state index in [-0.39, 0.29) is 5.91 Å². The Labute approximate surface area is 132 Å². The van der Waals surface area contributed by atoms with Crippen LogP contribution in [0.5, 0.6) is 0 Å². The topological polar surface area (TPSA) is 59.2 Å². The van der Waals surface area contributed by atoms with Crippen LogP contribution in [0.4, 0.5) is 0 Å². The Morgan fingerprint density at radius 1 is 1.36 bits per heavy atom. The van der Waals surface area contributed by atoms with Crippen molar-refractivity contribution in [2.45, 2.75) is 13.5 Å². The minimum atomic E-state index is -0.138. The maximum absolute atomic E-state index is 12.7. The lowest BCUT2D eigenvalue weighted by atomic mass is 10.1. The molecule has 0 aliphatic heterocycles. The molecule has 0 aliphatic carbocycles. The number of aromatic nitrogens is 2. The van der Waals surface area contributed by atoms with E-state index in [0.717, 1.165) is 11.1 Å². The molecule has 112 valence electrons. The molecule has 2 heterocycles. The number of rotatable bonds is 3. The molecule has 3 aromatic rings. The lowest BCUT2D eigenvalue weighted by Crippen LogP contribution is -2.26. The predicted octanol–water partition coefficient (Wildman–Crippen LogP) is 3.46. The van der Waals surface area contributed by atoms with Gasteiger partial charge in [-0.2, -0.15) is 0 Å². The molecule has 5 nitrogen and oxygen atoms in total. The van der Waals surface area contributed by atoms with Crippen molar-refractivity contribution in [2.24, 2.45) is 0 Å². The Balaban J connectivity index is 1.93. The van der Waals surface area contributed by atoms with Crippen LogP contribution < -0.4 is 0 Å². The van der Waals surface area contributed by atoms with Crippen molar-refractivity contribution >= 4 is 28.4 Å². The normalized spacial score (nSPS) is 10.9. The highest BCUT2D eigenvalue weighted by atomic mass is 35.5. The van der Waals surface area contributed by atoms with Crippen LogP contribution >= 0.6 is 11.6 Å². The fraction of sp³-hybridized carbons (Fsp3) is 0.188. The lowest BCUT2D eigenvalue weighted by molar-refractivity contribution is 0.0784. The molecule has 0 N–H and O–H groups in total. The highest BCUT2D eigenvalue weighted by molar-refractivity contribution is 6.35. The smallest absolute Gasteiger partial charge is 0.256 e. The molecule has 1 amide bonds. The van der Waals surface area contributed by atoms with Crippen molar-refractivity contribution in [1.82, 2.24) is 15.0 Å². The zero-order valence-corrected chi connectivity index (χ0v) is 13.0. The van der Waals surface area contributed by atoms with Crippen LogP contribution in [0.15, 0.2) is 41.1 Å². The van der Waals surface area contributed by atoms with Gasteiger partial charge in [0, 0.05) is 24.7 Å². The Morgan fingerprint density at radius 2 is 2.18 bits per heavy atom. The molecule has 2 aromatic heterocycles. The maximum atomic E-state index is 12.7. The fourth-order valence-corrected chi connectivity index (χ4v) is 2.54. The first-order valence-corrected chi connectivity index (χ1v) is 7.15. The Bertz CT molecular complexity index is 844. The van der Waals surface area contributed by atoms with Crippen molar-refractivity contribution in [3.8, 4) is 0 Å². The number of hydrogen-bond donors (Lipinski definition) is 0. The summed E-state index contributed by atoms with van der Waals surface area (Å²) in [5.74, 6) is 0.579. The van der Waals surface area contributed by atoms with Gasteiger partial charge >= 0.3 is 0 Å². The molecule has 0 atom stereocenters. The molecule has 0 saturated heterocycles. The highest BCUT2D eigenvalue weighted by Crippen LogP contribution is 2.25. The van der Waals surface area contributed by atoms with Crippen molar-refractivity contribution in [1.29, 1.82) is 0 Å². The summed E-state index contributed by atoms with van der Waals surface area (Å²) in [6.45, 7) is 2.18. The summed E-state index contributed by atoms with van der Waals surface area (Å²) in [7, 11) is 1.72. The SMILES string of the molecule is Cc1cc(CN(C)C(=O)c2ccc(Cl)c3cccnc23)no1. The number of carbonyl (C=O) groups excluding carboxylic acids is 1. The largest absolute Gasteiger partial charge is 0.361 e. The number of carbonyl (C=O) groups is 1. The van der Waals surface area contributed by atoms with E-state index in [1.165, 1.54) is 0 Å². The van der Waals surface area contributed by atoms with E-state index in [2.05, 4.69) is 10.1 Å². The Kier molecular flexibility index (Phi) is 3.81. The third-order valence-electron chi connectivity index (χ3n) is 3.37. The standard InChI is InChI=1S/C16H14ClN3O2/c1-10-8-11(19-22-10)9-20(2)16(21)13-5-6-14(17)12-4-3-7-18-15(12)13/h3-8H,9H2,1-2H3. The van der Waals surface area contributed by atoms with Gasteiger partial charge in [-0.1, -0.05) is 16.8 Å². The van der Waals surface area contributed by atoms with E-state index in [0.29, 0.717) is 28.3 Å². The molecular weight excluding hydrogens is 302 g/mol. The van der Waals surface area contributed by atoms with E-state index in [1.807, 2.05) is 19.1 Å². The number of fused-ring (bicyclic) bond motifs is 1. The summed E-state index contributed by atoms with van der Waals surface area (Å²) < 4.78 is 5.02. The van der Waals surface area contributed by atoms with Gasteiger partial charge in [0.2, 0.25) is 0 Å². The molecule has 0 radical (unpaired) electrons. The number of halogens is 1. The van der Waals surface area contributed by atoms with Gasteiger partial charge in [0.15, 0.2) is 0 Å². The molecule has 0 bridgehead atoms. The molecule has 0 unspecified atom stereocenters. The van der Waals surface area contributed by atoms with E-state index < -0.39 is 0 Å². The highest BCUT2D eigenvalue weighted by Gasteiger charge is 2.18. The van der Waals surface area contributed by atoms with Crippen LogP contribution in [-0.4, -0.2) is 28.0 Å². The molecule has 0 saturated carbocycles. The second-order valence-corrected chi connectivity index (χ2v) is 5.49. The third-order valence-corrected chi connectivity index (χ3v) is 3.70. The van der Waals surface area contributed by atoms with E-state index in [4.69, 9.17) is 16.1 Å². The van der Waals surface area contributed by atoms with Gasteiger partial charge < -0.3 is 9.42 Å². The monoisotopic (exact) mass is 315 g/mol. The van der Waals surface area contributed by atoms with E-state index in [1.54, 1.807) is 36.3 Å². The Morgan fingerprint density at radius 3 is 2.91 bits per heavy atom. The number of benzene rings is 1. The van der Waals surface area contributed by atoms with Gasteiger partial charge in [-0.3, -0.25) is 9.78 Å². The molecule has 3 rings (SSSR count). The summed E-state index contributed by atoms with van der Waals surface area (Å²) in [6, 6.07) is 8.87. The minimum absolute atomic E-state index is 0.138. The zero-order valence-electron chi connectivity index (χ0n) is 12.2. The summed E-state index contributed by atoms with van der Waals surface area (Å²) in [6.07, 6.45) is 1.65. The first-order valence-electron chi connectivity index (χ1n) is 6.77. The molecule has 1 aromatic carbocycles. The van der Waals surface area contributed by atoms with Crippen LogP contribution in [-0.2, 0) is 6.54 Å². The van der Waals surface area contributed by atoms with Crippen LogP contribution in [0.25, 0.3) is 10.9 Å². The lowest BCUT2D eigenvalue weighted by Gasteiger charge is -2.16.